The van der Waals surface area contributed by atoms with Crippen LogP contribution in [0.15, 0.2) is 18.2 Å². The summed E-state index contributed by atoms with van der Waals surface area (Å²) >= 11 is 6.20. The second-order valence-corrected chi connectivity index (χ2v) is 6.34. The number of hydrogen-bond donors (Lipinski definition) is 1. The van der Waals surface area contributed by atoms with Crippen LogP contribution in [0.2, 0.25) is 5.02 Å². The van der Waals surface area contributed by atoms with Gasteiger partial charge in [0, 0.05) is 30.3 Å². The van der Waals surface area contributed by atoms with Gasteiger partial charge in [0.25, 0.3) is 0 Å². The van der Waals surface area contributed by atoms with Gasteiger partial charge in [0.1, 0.15) is 0 Å². The number of benzene rings is 1. The highest BCUT2D eigenvalue weighted by atomic mass is 35.5. The second-order valence-electron chi connectivity index (χ2n) is 5.90. The van der Waals surface area contributed by atoms with Crippen LogP contribution in [0.3, 0.4) is 0 Å². The highest BCUT2D eigenvalue weighted by molar-refractivity contribution is 6.30. The molecule has 2 unspecified atom stereocenters. The number of nitrogens with one attached hydrogen (secondary N) is 1. The van der Waals surface area contributed by atoms with Crippen LogP contribution in [0.4, 0.5) is 5.69 Å². The van der Waals surface area contributed by atoms with Gasteiger partial charge in [-0.25, -0.2) is 0 Å². The highest BCUT2D eigenvalue weighted by Gasteiger charge is 2.23. The first-order chi connectivity index (χ1) is 9.10. The van der Waals surface area contributed by atoms with E-state index in [2.05, 4.69) is 43.1 Å². The molecule has 2 rings (SSSR count). The van der Waals surface area contributed by atoms with E-state index in [1.807, 2.05) is 6.07 Å². The molecule has 0 radical (unpaired) electrons. The molecule has 3 heteroatoms. The monoisotopic (exact) mass is 280 g/mol. The van der Waals surface area contributed by atoms with Crippen LogP contribution in [-0.4, -0.2) is 19.6 Å². The van der Waals surface area contributed by atoms with Crippen LogP contribution in [0.1, 0.15) is 32.8 Å². The van der Waals surface area contributed by atoms with Crippen LogP contribution >= 0.6 is 11.6 Å². The molecule has 1 aliphatic rings. The van der Waals surface area contributed by atoms with Crippen LogP contribution in [-0.2, 0) is 6.54 Å². The zero-order valence-electron chi connectivity index (χ0n) is 12.2. The molecule has 1 aromatic rings. The van der Waals surface area contributed by atoms with Crippen molar-refractivity contribution in [2.75, 3.05) is 24.5 Å². The third-order valence-corrected chi connectivity index (χ3v) is 4.06. The van der Waals surface area contributed by atoms with Crippen LogP contribution < -0.4 is 10.2 Å². The Kier molecular flexibility index (Phi) is 5.12. The van der Waals surface area contributed by atoms with Gasteiger partial charge in [-0.3, -0.25) is 0 Å². The number of piperidine rings is 1. The Hall–Kier alpha value is -0.730. The van der Waals surface area contributed by atoms with Gasteiger partial charge in [0.2, 0.25) is 0 Å². The van der Waals surface area contributed by atoms with Crippen molar-refractivity contribution in [1.82, 2.24) is 5.32 Å². The molecular formula is C16H25ClN2. The number of hydrogen-bond acceptors (Lipinski definition) is 2. The van der Waals surface area contributed by atoms with Gasteiger partial charge in [-0.1, -0.05) is 38.4 Å². The summed E-state index contributed by atoms with van der Waals surface area (Å²) in [6, 6.07) is 6.28. The first kappa shape index (κ1) is 14.7. The van der Waals surface area contributed by atoms with Crippen LogP contribution in [0, 0.1) is 11.8 Å². The molecule has 1 N–H and O–H groups in total. The predicted molar refractivity (Wildman–Crippen MR) is 84.0 cm³/mol. The lowest BCUT2D eigenvalue weighted by molar-refractivity contribution is 0.356. The first-order valence-electron chi connectivity index (χ1n) is 7.34. The van der Waals surface area contributed by atoms with Crippen molar-refractivity contribution in [1.29, 1.82) is 0 Å². The van der Waals surface area contributed by atoms with E-state index in [-0.39, 0.29) is 0 Å². The maximum Gasteiger partial charge on any atom is 0.0426 e. The van der Waals surface area contributed by atoms with Gasteiger partial charge in [0.15, 0.2) is 0 Å². The second kappa shape index (κ2) is 6.62. The fraction of sp³-hybridized carbons (Fsp3) is 0.625. The smallest absolute Gasteiger partial charge is 0.0426 e. The van der Waals surface area contributed by atoms with Gasteiger partial charge in [-0.15, -0.1) is 0 Å². The minimum absolute atomic E-state index is 0.759. The molecule has 1 fully saturated rings. The average molecular weight is 281 g/mol. The first-order valence-corrected chi connectivity index (χ1v) is 7.72. The summed E-state index contributed by atoms with van der Waals surface area (Å²) in [7, 11) is 0. The zero-order valence-corrected chi connectivity index (χ0v) is 13.0. The molecule has 106 valence electrons. The van der Waals surface area contributed by atoms with Crippen molar-refractivity contribution in [3.63, 3.8) is 0 Å². The third-order valence-electron chi connectivity index (χ3n) is 3.82. The standard InChI is InChI=1S/C16H25ClN2/c1-4-18-9-14-5-6-15(17)8-16(14)19-10-12(2)7-13(3)11-19/h5-6,8,12-13,18H,4,7,9-11H2,1-3H3. The number of nitrogens with zero attached hydrogens (tertiary/aromatic N) is 1. The fourth-order valence-corrected chi connectivity index (χ4v) is 3.27. The summed E-state index contributed by atoms with van der Waals surface area (Å²) in [5, 5.41) is 4.25. The summed E-state index contributed by atoms with van der Waals surface area (Å²) in [5.74, 6) is 1.52. The topological polar surface area (TPSA) is 15.3 Å². The molecule has 2 atom stereocenters. The van der Waals surface area contributed by atoms with Crippen molar-refractivity contribution < 1.29 is 0 Å². The van der Waals surface area contributed by atoms with E-state index < -0.39 is 0 Å². The maximum atomic E-state index is 6.20. The molecule has 0 saturated carbocycles. The summed E-state index contributed by atoms with van der Waals surface area (Å²) < 4.78 is 0. The molecular weight excluding hydrogens is 256 g/mol. The van der Waals surface area contributed by atoms with Gasteiger partial charge in [-0.2, -0.15) is 0 Å². The zero-order chi connectivity index (χ0) is 13.8. The Morgan fingerprint density at radius 1 is 1.26 bits per heavy atom. The van der Waals surface area contributed by atoms with E-state index in [9.17, 15) is 0 Å². The predicted octanol–water partition coefficient (Wildman–Crippen LogP) is 3.93. The Bertz CT molecular complexity index is 409. The van der Waals surface area contributed by atoms with E-state index in [1.165, 1.54) is 17.7 Å². The van der Waals surface area contributed by atoms with Crippen molar-refractivity contribution in [3.8, 4) is 0 Å². The van der Waals surface area contributed by atoms with Crippen LogP contribution in [0.25, 0.3) is 0 Å². The number of rotatable bonds is 4. The quantitative estimate of drug-likeness (QED) is 0.899. The van der Waals surface area contributed by atoms with Crippen molar-refractivity contribution in [2.24, 2.45) is 11.8 Å². The van der Waals surface area contributed by atoms with E-state index >= 15 is 0 Å². The van der Waals surface area contributed by atoms with Crippen molar-refractivity contribution >= 4 is 17.3 Å². The lowest BCUT2D eigenvalue weighted by atomic mass is 9.91. The SMILES string of the molecule is CCNCc1ccc(Cl)cc1N1CC(C)CC(C)C1. The van der Waals surface area contributed by atoms with Gasteiger partial charge in [0.05, 0.1) is 0 Å². The van der Waals surface area contributed by atoms with Crippen molar-refractivity contribution in [2.45, 2.75) is 33.7 Å². The summed E-state index contributed by atoms with van der Waals surface area (Å²) in [4.78, 5) is 2.51. The average Bonchev–Trinajstić information content (AvgIpc) is 2.36. The maximum absolute atomic E-state index is 6.20. The van der Waals surface area contributed by atoms with Gasteiger partial charge in [-0.05, 0) is 42.5 Å². The Labute approximate surface area is 122 Å². The molecule has 0 bridgehead atoms. The van der Waals surface area contributed by atoms with E-state index in [4.69, 9.17) is 11.6 Å². The summed E-state index contributed by atoms with van der Waals surface area (Å²) in [6.45, 7) is 11.0. The van der Waals surface area contributed by atoms with Crippen LogP contribution in [0.5, 0.6) is 0 Å². The summed E-state index contributed by atoms with van der Waals surface area (Å²) in [6.07, 6.45) is 1.33. The molecule has 1 aliphatic heterocycles. The molecule has 1 heterocycles. The van der Waals surface area contributed by atoms with Gasteiger partial charge < -0.3 is 10.2 Å². The number of halogens is 1. The Balaban J connectivity index is 2.23. The van der Waals surface area contributed by atoms with Crippen molar-refractivity contribution in [3.05, 3.63) is 28.8 Å². The molecule has 1 saturated heterocycles. The minimum atomic E-state index is 0.759. The largest absolute Gasteiger partial charge is 0.371 e. The van der Waals surface area contributed by atoms with E-state index in [0.717, 1.165) is 43.0 Å². The number of anilines is 1. The van der Waals surface area contributed by atoms with E-state index in [1.54, 1.807) is 0 Å². The highest BCUT2D eigenvalue weighted by Crippen LogP contribution is 2.30. The minimum Gasteiger partial charge on any atom is -0.371 e. The molecule has 0 aliphatic carbocycles. The van der Waals surface area contributed by atoms with E-state index in [0.29, 0.717) is 0 Å². The molecule has 1 aromatic carbocycles. The molecule has 19 heavy (non-hydrogen) atoms. The lowest BCUT2D eigenvalue weighted by Gasteiger charge is -2.37. The van der Waals surface area contributed by atoms with Gasteiger partial charge >= 0.3 is 0 Å². The Morgan fingerprint density at radius 3 is 2.58 bits per heavy atom. The normalized spacial score (nSPS) is 23.7. The molecule has 2 nitrogen and oxygen atoms in total. The Morgan fingerprint density at radius 2 is 1.95 bits per heavy atom. The summed E-state index contributed by atoms with van der Waals surface area (Å²) in [5.41, 5.74) is 2.67. The fourth-order valence-electron chi connectivity index (χ4n) is 3.10. The molecule has 0 amide bonds. The lowest BCUT2D eigenvalue weighted by Crippen LogP contribution is -2.39. The molecule has 0 aromatic heterocycles. The third kappa shape index (κ3) is 3.87. The molecule has 0 spiro atoms.